The molecule has 3 rings (SSSR count). The zero-order valence-electron chi connectivity index (χ0n) is 37.1. The summed E-state index contributed by atoms with van der Waals surface area (Å²) in [6.07, 6.45) is 8.58. The molecule has 3 heterocycles. The summed E-state index contributed by atoms with van der Waals surface area (Å²) < 4.78 is 23.4. The molecule has 3 aliphatic heterocycles. The number of Topliss-reactive ketones (excluding diaryl/α,β-unsaturated/α-hetero) is 1. The van der Waals surface area contributed by atoms with Crippen molar-refractivity contribution in [3.8, 4) is 0 Å². The maximum Gasteiger partial charge on any atom is 0.308 e. The third-order valence-corrected chi connectivity index (χ3v) is 11.9. The molecule has 63 heavy (non-hydrogen) atoms. The van der Waals surface area contributed by atoms with E-state index in [1.807, 2.05) is 61.6 Å². The summed E-state index contributed by atoms with van der Waals surface area (Å²) in [7, 11) is 0. The summed E-state index contributed by atoms with van der Waals surface area (Å²) in [5, 5.41) is 96.9. The Morgan fingerprint density at radius 1 is 0.651 bits per heavy atom. The molecular weight excluding hydrogens is 819 g/mol. The third-order valence-electron chi connectivity index (χ3n) is 11.9. The number of carbonyl (C=O) groups excluding carboxylic acids is 2. The van der Waals surface area contributed by atoms with Gasteiger partial charge in [0.25, 0.3) is 0 Å². The molecule has 2 fully saturated rings. The summed E-state index contributed by atoms with van der Waals surface area (Å²) in [6.45, 7) is 8.55. The smallest absolute Gasteiger partial charge is 0.308 e. The lowest BCUT2D eigenvalue weighted by molar-refractivity contribution is -0.302. The number of fused-ring (bicyclic) bond motifs is 2. The van der Waals surface area contributed by atoms with Crippen LogP contribution in [-0.2, 0) is 28.5 Å². The summed E-state index contributed by atoms with van der Waals surface area (Å²) >= 11 is 0. The molecule has 6 unspecified atom stereocenters. The molecule has 2 bridgehead atoms. The van der Waals surface area contributed by atoms with E-state index in [9.17, 15) is 55.5 Å². The predicted molar refractivity (Wildman–Crippen MR) is 234 cm³/mol. The number of aliphatic hydroxyl groups excluding tert-OH is 8. The van der Waals surface area contributed by atoms with E-state index in [4.69, 9.17) is 24.7 Å². The Morgan fingerprint density at radius 2 is 1.21 bits per heavy atom. The number of ether oxygens (including phenoxy) is 4. The van der Waals surface area contributed by atoms with Gasteiger partial charge in [0.2, 0.25) is 0 Å². The van der Waals surface area contributed by atoms with Crippen LogP contribution in [-0.4, -0.2) is 149 Å². The first-order chi connectivity index (χ1) is 29.7. The van der Waals surface area contributed by atoms with Gasteiger partial charge in [0.1, 0.15) is 18.3 Å². The Hall–Kier alpha value is -3.20. The van der Waals surface area contributed by atoms with Gasteiger partial charge in [-0.2, -0.15) is 0 Å². The zero-order chi connectivity index (χ0) is 46.9. The van der Waals surface area contributed by atoms with Crippen molar-refractivity contribution < 1.29 is 74.5 Å². The standard InChI is InChI=1S/C47H73NO15/c1-28-18-16-14-12-10-8-6-7-9-11-13-15-17-19-36(62-46-45(58)42(48)44(57)32(5)61-46)25-40-30(3)38(53)26-47(59,63-40)27-39(54)37(52)21-20-33(49)22-34(50)23-35(51)24-41(55)60-31(4)29(2)43(28)56/h6-19,28-38,40,42-46,49-53,56-59H,20-27,48H2,1-5H3/t28-,29-,30+,31-,32?,33+,34+,35+,36-,37+,38-,40?,42?,43+,44?,45?,46?,47-/m0/s1. The molecule has 0 radical (unpaired) electrons. The van der Waals surface area contributed by atoms with Crippen molar-refractivity contribution in [2.24, 2.45) is 23.5 Å². The minimum Gasteiger partial charge on any atom is -0.462 e. The molecule has 0 spiro atoms. The SMILES string of the molecule is CC1OC(O[C@H]2C=CC=CC=CC=CC=CC=CC=C[C@H](C)[C@@H](O)[C@@H](C)[C@H](C)OC(=O)C[C@H](O)C[C@H](O)C[C@H](O)CC[C@@H](O)C(=O)C[C@]3(O)C[C@H](O)[C@@H](C)C(C2)O3)C(O)C(N)C1O. The molecule has 0 aromatic rings. The van der Waals surface area contributed by atoms with Gasteiger partial charge in [0.15, 0.2) is 17.9 Å². The minimum atomic E-state index is -2.18. The maximum atomic E-state index is 13.2. The number of rotatable bonds is 2. The van der Waals surface area contributed by atoms with Crippen LogP contribution in [0.5, 0.6) is 0 Å². The van der Waals surface area contributed by atoms with Crippen LogP contribution in [0.15, 0.2) is 85.1 Å². The number of cyclic esters (lactones) is 1. The van der Waals surface area contributed by atoms with Crippen LogP contribution in [0.4, 0.5) is 0 Å². The van der Waals surface area contributed by atoms with Crippen LogP contribution >= 0.6 is 0 Å². The van der Waals surface area contributed by atoms with Gasteiger partial charge in [-0.15, -0.1) is 0 Å². The molecule has 11 N–H and O–H groups in total. The normalized spacial score (nSPS) is 41.9. The van der Waals surface area contributed by atoms with E-state index in [2.05, 4.69) is 0 Å². The number of hydrogen-bond acceptors (Lipinski definition) is 16. The van der Waals surface area contributed by atoms with Gasteiger partial charge in [-0.1, -0.05) is 106 Å². The highest BCUT2D eigenvalue weighted by Gasteiger charge is 2.47. The lowest BCUT2D eigenvalue weighted by Crippen LogP contribution is -2.61. The first-order valence-electron chi connectivity index (χ1n) is 22.0. The van der Waals surface area contributed by atoms with Gasteiger partial charge in [0, 0.05) is 30.6 Å². The summed E-state index contributed by atoms with van der Waals surface area (Å²) in [5.74, 6) is -4.97. The van der Waals surface area contributed by atoms with Gasteiger partial charge in [-0.3, -0.25) is 9.59 Å². The summed E-state index contributed by atoms with van der Waals surface area (Å²) in [5.41, 5.74) is 6.05. The number of esters is 1. The molecule has 16 heteroatoms. The quantitative estimate of drug-likeness (QED) is 0.177. The van der Waals surface area contributed by atoms with Crippen LogP contribution < -0.4 is 5.73 Å². The predicted octanol–water partition coefficient (Wildman–Crippen LogP) is 1.86. The maximum absolute atomic E-state index is 13.2. The molecule has 356 valence electrons. The highest BCUT2D eigenvalue weighted by Crippen LogP contribution is 2.37. The van der Waals surface area contributed by atoms with Gasteiger partial charge in [0.05, 0.1) is 73.8 Å². The Balaban J connectivity index is 1.81. The number of hydrogen-bond donors (Lipinski definition) is 10. The Kier molecular flexibility index (Phi) is 22.9. The number of allylic oxidation sites excluding steroid dienone is 12. The van der Waals surface area contributed by atoms with E-state index >= 15 is 0 Å². The van der Waals surface area contributed by atoms with E-state index in [0.29, 0.717) is 0 Å². The second-order valence-electron chi connectivity index (χ2n) is 17.4. The van der Waals surface area contributed by atoms with E-state index < -0.39 is 128 Å². The van der Waals surface area contributed by atoms with Crippen LogP contribution in [0.1, 0.15) is 86.0 Å². The zero-order valence-corrected chi connectivity index (χ0v) is 37.1. The Morgan fingerprint density at radius 3 is 1.81 bits per heavy atom. The van der Waals surface area contributed by atoms with Crippen molar-refractivity contribution in [1.82, 2.24) is 0 Å². The lowest BCUT2D eigenvalue weighted by Gasteiger charge is -2.45. The third kappa shape index (κ3) is 18.3. The number of nitrogens with two attached hydrogens (primary N) is 1. The summed E-state index contributed by atoms with van der Waals surface area (Å²) in [4.78, 5) is 25.8. The van der Waals surface area contributed by atoms with Crippen molar-refractivity contribution >= 4 is 11.8 Å². The van der Waals surface area contributed by atoms with E-state index in [1.165, 1.54) is 0 Å². The fourth-order valence-corrected chi connectivity index (χ4v) is 7.66. The summed E-state index contributed by atoms with van der Waals surface area (Å²) in [6, 6.07) is -1.06. The van der Waals surface area contributed by atoms with Crippen molar-refractivity contribution in [1.29, 1.82) is 0 Å². The molecule has 0 saturated carbocycles. The number of carbonyl (C=O) groups is 2. The largest absolute Gasteiger partial charge is 0.462 e. The fourth-order valence-electron chi connectivity index (χ4n) is 7.66. The molecular formula is C47H73NO15. The first-order valence-corrected chi connectivity index (χ1v) is 22.0. The molecule has 18 atom stereocenters. The van der Waals surface area contributed by atoms with E-state index in [0.717, 1.165) is 0 Å². The van der Waals surface area contributed by atoms with Crippen LogP contribution in [0, 0.1) is 17.8 Å². The highest BCUT2D eigenvalue weighted by atomic mass is 16.7. The number of ketones is 1. The van der Waals surface area contributed by atoms with Crippen molar-refractivity contribution in [2.45, 2.75) is 177 Å². The van der Waals surface area contributed by atoms with E-state index in [1.54, 1.807) is 58.1 Å². The molecule has 0 amide bonds. The second-order valence-corrected chi connectivity index (χ2v) is 17.4. The van der Waals surface area contributed by atoms with Crippen molar-refractivity contribution in [2.75, 3.05) is 0 Å². The topological polar surface area (TPSA) is 279 Å². The second kappa shape index (κ2) is 26.7. The Labute approximate surface area is 371 Å². The molecule has 0 aliphatic carbocycles. The van der Waals surface area contributed by atoms with Crippen molar-refractivity contribution in [3.63, 3.8) is 0 Å². The van der Waals surface area contributed by atoms with Gasteiger partial charge >= 0.3 is 5.97 Å². The molecule has 0 aromatic carbocycles. The van der Waals surface area contributed by atoms with Crippen LogP contribution in [0.3, 0.4) is 0 Å². The van der Waals surface area contributed by atoms with Gasteiger partial charge in [-0.05, 0) is 39.5 Å². The minimum absolute atomic E-state index is 0.0131. The fraction of sp³-hybridized carbons (Fsp3) is 0.660. The van der Waals surface area contributed by atoms with Gasteiger partial charge < -0.3 is 70.6 Å². The monoisotopic (exact) mass is 891 g/mol. The molecule has 2 saturated heterocycles. The van der Waals surface area contributed by atoms with E-state index in [-0.39, 0.29) is 44.4 Å². The van der Waals surface area contributed by atoms with Crippen LogP contribution in [0.25, 0.3) is 0 Å². The average Bonchev–Trinajstić information content (AvgIpc) is 3.21. The average molecular weight is 892 g/mol. The molecule has 0 aromatic heterocycles. The van der Waals surface area contributed by atoms with Crippen molar-refractivity contribution in [3.05, 3.63) is 85.1 Å². The highest BCUT2D eigenvalue weighted by molar-refractivity contribution is 5.83. The molecule has 16 nitrogen and oxygen atoms in total. The van der Waals surface area contributed by atoms with Gasteiger partial charge in [-0.25, -0.2) is 0 Å². The Bertz CT molecular complexity index is 1610. The first kappa shape index (κ1) is 54.1. The number of aliphatic hydroxyl groups is 9. The van der Waals surface area contributed by atoms with Crippen LogP contribution in [0.2, 0.25) is 0 Å². The lowest BCUT2D eigenvalue weighted by atomic mass is 9.84. The molecule has 3 aliphatic rings.